The lowest BCUT2D eigenvalue weighted by Crippen LogP contribution is -2.27. The lowest BCUT2D eigenvalue weighted by molar-refractivity contribution is 0.627. The van der Waals surface area contributed by atoms with Crippen molar-refractivity contribution in [1.82, 2.24) is 4.98 Å². The molecule has 0 saturated carbocycles. The third-order valence-corrected chi connectivity index (χ3v) is 3.89. The quantitative estimate of drug-likeness (QED) is 0.556. The predicted octanol–water partition coefficient (Wildman–Crippen LogP) is 3.01. The summed E-state index contributed by atoms with van der Waals surface area (Å²) in [6.45, 7) is 0.283. The number of aromatic amines is 1. The zero-order valence-corrected chi connectivity index (χ0v) is 13.6. The van der Waals surface area contributed by atoms with Gasteiger partial charge in [0.25, 0.3) is 5.56 Å². The number of nitrogens with two attached hydrogens (primary N) is 1. The minimum atomic E-state index is -0.301. The van der Waals surface area contributed by atoms with Crippen LogP contribution >= 0.6 is 0 Å². The number of rotatable bonds is 5. The summed E-state index contributed by atoms with van der Waals surface area (Å²) in [5, 5.41) is 0. The Balaban J connectivity index is 1.88. The maximum Gasteiger partial charge on any atom is 0.259 e. The largest absolute Gasteiger partial charge is 0.383 e. The zero-order chi connectivity index (χ0) is 17.6. The molecule has 3 aromatic rings. The molecule has 126 valence electrons. The highest BCUT2D eigenvalue weighted by molar-refractivity contribution is 5.98. The van der Waals surface area contributed by atoms with E-state index in [2.05, 4.69) is 9.98 Å². The molecule has 1 aromatic heterocycles. The molecule has 25 heavy (non-hydrogen) atoms. The lowest BCUT2D eigenvalue weighted by atomic mass is 10.0. The molecule has 0 saturated heterocycles. The van der Waals surface area contributed by atoms with E-state index in [1.54, 1.807) is 18.3 Å². The van der Waals surface area contributed by atoms with Gasteiger partial charge in [-0.15, -0.1) is 0 Å². The first kappa shape index (κ1) is 16.6. The number of nitrogens with one attached hydrogen (secondary N) is 1. The highest BCUT2D eigenvalue weighted by atomic mass is 19.1. The van der Waals surface area contributed by atoms with Crippen molar-refractivity contribution in [2.75, 3.05) is 0 Å². The smallest absolute Gasteiger partial charge is 0.259 e. The maximum atomic E-state index is 13.0. The molecule has 0 bridgehead atoms. The van der Waals surface area contributed by atoms with E-state index in [0.29, 0.717) is 12.0 Å². The van der Waals surface area contributed by atoms with E-state index in [9.17, 15) is 9.18 Å². The molecule has 0 spiro atoms. The van der Waals surface area contributed by atoms with Crippen molar-refractivity contribution in [1.29, 1.82) is 0 Å². The Kier molecular flexibility index (Phi) is 5.04. The Morgan fingerprint density at radius 3 is 2.44 bits per heavy atom. The first-order valence-electron chi connectivity index (χ1n) is 7.93. The summed E-state index contributed by atoms with van der Waals surface area (Å²) in [7, 11) is 0. The van der Waals surface area contributed by atoms with Gasteiger partial charge in [-0.25, -0.2) is 4.39 Å². The van der Waals surface area contributed by atoms with Crippen LogP contribution in [0.25, 0.3) is 0 Å². The van der Waals surface area contributed by atoms with E-state index in [0.717, 1.165) is 16.7 Å². The van der Waals surface area contributed by atoms with Gasteiger partial charge in [0.05, 0.1) is 12.1 Å². The molecule has 0 fully saturated rings. The van der Waals surface area contributed by atoms with Crippen LogP contribution in [-0.2, 0) is 13.0 Å². The summed E-state index contributed by atoms with van der Waals surface area (Å²) in [4.78, 5) is 19.2. The zero-order valence-electron chi connectivity index (χ0n) is 13.6. The van der Waals surface area contributed by atoms with Crippen molar-refractivity contribution >= 4 is 5.84 Å². The van der Waals surface area contributed by atoms with Crippen LogP contribution in [0.4, 0.5) is 4.39 Å². The normalized spacial score (nSPS) is 11.5. The molecule has 1 heterocycles. The highest BCUT2D eigenvalue weighted by Gasteiger charge is 2.11. The molecule has 0 aliphatic heterocycles. The predicted molar refractivity (Wildman–Crippen MR) is 97.1 cm³/mol. The Labute approximate surface area is 144 Å². The number of hydrogen-bond donors (Lipinski definition) is 2. The van der Waals surface area contributed by atoms with E-state index >= 15 is 0 Å². The van der Waals surface area contributed by atoms with Crippen LogP contribution in [0.5, 0.6) is 0 Å². The number of halogens is 1. The summed E-state index contributed by atoms with van der Waals surface area (Å²) in [6, 6.07) is 17.7. The van der Waals surface area contributed by atoms with Gasteiger partial charge in [0.15, 0.2) is 0 Å². The monoisotopic (exact) mass is 335 g/mol. The molecular formula is C20H18FN3O. The summed E-state index contributed by atoms with van der Waals surface area (Å²) in [5.74, 6) is -0.123. The fourth-order valence-electron chi connectivity index (χ4n) is 2.61. The average Bonchev–Trinajstić information content (AvgIpc) is 2.62. The molecule has 0 amide bonds. The van der Waals surface area contributed by atoms with Gasteiger partial charge in [-0.3, -0.25) is 9.79 Å². The van der Waals surface area contributed by atoms with Crippen LogP contribution in [0.15, 0.2) is 76.6 Å². The molecule has 5 heteroatoms. The van der Waals surface area contributed by atoms with Crippen LogP contribution in [0, 0.1) is 5.82 Å². The number of pyridine rings is 1. The fourth-order valence-corrected chi connectivity index (χ4v) is 2.61. The first-order valence-corrected chi connectivity index (χ1v) is 7.93. The maximum absolute atomic E-state index is 13.0. The van der Waals surface area contributed by atoms with Gasteiger partial charge in [-0.2, -0.15) is 0 Å². The van der Waals surface area contributed by atoms with E-state index < -0.39 is 0 Å². The summed E-state index contributed by atoms with van der Waals surface area (Å²) >= 11 is 0. The van der Waals surface area contributed by atoms with Crippen molar-refractivity contribution in [2.45, 2.75) is 13.0 Å². The van der Waals surface area contributed by atoms with Crippen LogP contribution in [-0.4, -0.2) is 10.8 Å². The van der Waals surface area contributed by atoms with Crippen molar-refractivity contribution < 1.29 is 4.39 Å². The summed E-state index contributed by atoms with van der Waals surface area (Å²) < 4.78 is 13.0. The molecule has 3 rings (SSSR count). The third kappa shape index (κ3) is 4.20. The molecule has 3 N–H and O–H groups in total. The number of nitrogens with zero attached hydrogens (tertiary/aromatic N) is 1. The standard InChI is InChI=1S/C20H18FN3O/c21-17-8-6-15(7-9-17)13-24-19(22)18-16(10-11-23-20(18)25)12-14-4-2-1-3-5-14/h1-11H,12-13H2,(H2,22,24)(H,23,25). The van der Waals surface area contributed by atoms with Gasteiger partial charge in [-0.05, 0) is 41.3 Å². The van der Waals surface area contributed by atoms with Crippen molar-refractivity contribution in [3.63, 3.8) is 0 Å². The van der Waals surface area contributed by atoms with Gasteiger partial charge < -0.3 is 10.7 Å². The molecular weight excluding hydrogens is 317 g/mol. The molecule has 0 aliphatic carbocycles. The van der Waals surface area contributed by atoms with Crippen LogP contribution in [0.3, 0.4) is 0 Å². The Morgan fingerprint density at radius 1 is 1.00 bits per heavy atom. The first-order chi connectivity index (χ1) is 12.1. The van der Waals surface area contributed by atoms with E-state index in [4.69, 9.17) is 5.73 Å². The number of aromatic nitrogens is 1. The lowest BCUT2D eigenvalue weighted by Gasteiger charge is -2.08. The molecule has 2 aromatic carbocycles. The third-order valence-electron chi connectivity index (χ3n) is 3.89. The number of aliphatic imine (C=N–C) groups is 1. The molecule has 0 aliphatic rings. The average molecular weight is 335 g/mol. The van der Waals surface area contributed by atoms with Gasteiger partial charge in [0.1, 0.15) is 11.7 Å². The number of benzene rings is 2. The van der Waals surface area contributed by atoms with Gasteiger partial charge >= 0.3 is 0 Å². The van der Waals surface area contributed by atoms with Gasteiger partial charge in [-0.1, -0.05) is 42.5 Å². The Hall–Kier alpha value is -3.21. The van der Waals surface area contributed by atoms with Crippen molar-refractivity contribution in [2.24, 2.45) is 10.7 Å². The minimum absolute atomic E-state index is 0.178. The number of H-pyrrole nitrogens is 1. The molecule has 0 unspecified atom stereocenters. The molecule has 4 nitrogen and oxygen atoms in total. The topological polar surface area (TPSA) is 71.2 Å². The second-order valence-electron chi connectivity index (χ2n) is 5.70. The number of amidine groups is 1. The minimum Gasteiger partial charge on any atom is -0.383 e. The van der Waals surface area contributed by atoms with Crippen LogP contribution in [0.1, 0.15) is 22.3 Å². The van der Waals surface area contributed by atoms with E-state index in [1.165, 1.54) is 12.1 Å². The van der Waals surface area contributed by atoms with Crippen molar-refractivity contribution in [3.8, 4) is 0 Å². The van der Waals surface area contributed by atoms with Crippen LogP contribution in [0.2, 0.25) is 0 Å². The summed E-state index contributed by atoms with van der Waals surface area (Å²) in [6.07, 6.45) is 2.20. The van der Waals surface area contributed by atoms with Gasteiger partial charge in [0.2, 0.25) is 0 Å². The SMILES string of the molecule is NC(=NCc1ccc(F)cc1)c1c(Cc2ccccc2)cc[nH]c1=O. The highest BCUT2D eigenvalue weighted by Crippen LogP contribution is 2.12. The number of hydrogen-bond acceptors (Lipinski definition) is 2. The second-order valence-corrected chi connectivity index (χ2v) is 5.70. The fraction of sp³-hybridized carbons (Fsp3) is 0.100. The van der Waals surface area contributed by atoms with Crippen molar-refractivity contribution in [3.05, 3.63) is 105 Å². The van der Waals surface area contributed by atoms with Gasteiger partial charge in [0, 0.05) is 6.20 Å². The summed E-state index contributed by atoms with van der Waals surface area (Å²) in [5.41, 5.74) is 8.92. The molecule has 0 radical (unpaired) electrons. The Bertz CT molecular complexity index is 931. The van der Waals surface area contributed by atoms with Crippen LogP contribution < -0.4 is 11.3 Å². The van der Waals surface area contributed by atoms with E-state index in [-0.39, 0.29) is 23.8 Å². The Morgan fingerprint density at radius 2 is 1.72 bits per heavy atom. The molecule has 0 atom stereocenters. The van der Waals surface area contributed by atoms with E-state index in [1.807, 2.05) is 36.4 Å². The second kappa shape index (κ2) is 7.57.